The van der Waals surface area contributed by atoms with Crippen LogP contribution in [-0.2, 0) is 0 Å². The van der Waals surface area contributed by atoms with E-state index in [9.17, 15) is 4.79 Å². The molecule has 0 radical (unpaired) electrons. The van der Waals surface area contributed by atoms with Crippen LogP contribution in [0, 0.1) is 0 Å². The minimum absolute atomic E-state index is 0.0487. The predicted octanol–water partition coefficient (Wildman–Crippen LogP) is 2.53. The van der Waals surface area contributed by atoms with Crippen LogP contribution in [0.1, 0.15) is 35.3 Å². The average molecular weight is 196 g/mol. The number of hydrogen-bond acceptors (Lipinski definition) is 1. The second-order valence-corrected chi connectivity index (χ2v) is 3.55. The first kappa shape index (κ1) is 8.57. The van der Waals surface area contributed by atoms with Crippen LogP contribution in [0.3, 0.4) is 0 Å². The van der Waals surface area contributed by atoms with E-state index in [1.807, 2.05) is 19.1 Å². The molecule has 0 saturated carbocycles. The van der Waals surface area contributed by atoms with Gasteiger partial charge < -0.3 is 5.32 Å². The van der Waals surface area contributed by atoms with E-state index in [1.165, 1.54) is 0 Å². The maximum absolute atomic E-state index is 11.5. The quantitative estimate of drug-likeness (QED) is 0.733. The fourth-order valence-corrected chi connectivity index (χ4v) is 1.97. The lowest BCUT2D eigenvalue weighted by molar-refractivity contribution is 0.0956. The van der Waals surface area contributed by atoms with Crippen molar-refractivity contribution in [3.8, 4) is 0 Å². The summed E-state index contributed by atoms with van der Waals surface area (Å²) < 4.78 is 0. The van der Waals surface area contributed by atoms with Crippen LogP contribution >= 0.6 is 11.6 Å². The van der Waals surface area contributed by atoms with Crippen molar-refractivity contribution >= 4 is 17.5 Å². The smallest absolute Gasteiger partial charge is 0.253 e. The zero-order valence-corrected chi connectivity index (χ0v) is 8.06. The molecule has 1 aliphatic heterocycles. The van der Waals surface area contributed by atoms with Crippen LogP contribution in [0.2, 0.25) is 5.02 Å². The molecule has 1 amide bonds. The first-order valence-electron chi connectivity index (χ1n) is 4.33. The Morgan fingerprint density at radius 2 is 2.31 bits per heavy atom. The monoisotopic (exact) mass is 195 g/mol. The molecular weight excluding hydrogens is 186 g/mol. The zero-order valence-electron chi connectivity index (χ0n) is 7.30. The van der Waals surface area contributed by atoms with Crippen molar-refractivity contribution in [2.24, 2.45) is 0 Å². The van der Waals surface area contributed by atoms with Crippen LogP contribution in [-0.4, -0.2) is 5.91 Å². The molecular formula is C10H10ClNO. The summed E-state index contributed by atoms with van der Waals surface area (Å²) in [5.41, 5.74) is 1.68. The molecule has 68 valence electrons. The molecule has 0 spiro atoms. The first-order chi connectivity index (χ1) is 6.24. The molecule has 1 aliphatic rings. The Labute approximate surface area is 81.9 Å². The van der Waals surface area contributed by atoms with Gasteiger partial charge in [-0.3, -0.25) is 4.79 Å². The van der Waals surface area contributed by atoms with Gasteiger partial charge in [0.05, 0.1) is 16.6 Å². The molecule has 0 bridgehead atoms. The van der Waals surface area contributed by atoms with E-state index in [4.69, 9.17) is 11.6 Å². The number of hydrogen-bond donors (Lipinski definition) is 1. The van der Waals surface area contributed by atoms with Gasteiger partial charge in [0.2, 0.25) is 0 Å². The highest BCUT2D eigenvalue weighted by Gasteiger charge is 2.28. The van der Waals surface area contributed by atoms with Crippen molar-refractivity contribution in [1.82, 2.24) is 5.32 Å². The largest absolute Gasteiger partial charge is 0.345 e. The molecule has 1 heterocycles. The fraction of sp³-hybridized carbons (Fsp3) is 0.300. The molecule has 0 aliphatic carbocycles. The highest BCUT2D eigenvalue weighted by atomic mass is 35.5. The van der Waals surface area contributed by atoms with E-state index < -0.39 is 0 Å². The minimum Gasteiger partial charge on any atom is -0.345 e. The number of nitrogens with one attached hydrogen (secondary N) is 1. The van der Waals surface area contributed by atoms with Crippen LogP contribution in [0.4, 0.5) is 0 Å². The van der Waals surface area contributed by atoms with Crippen molar-refractivity contribution in [3.05, 3.63) is 34.3 Å². The highest BCUT2D eigenvalue weighted by Crippen LogP contribution is 2.31. The Hall–Kier alpha value is -1.02. The van der Waals surface area contributed by atoms with Gasteiger partial charge in [0.15, 0.2) is 0 Å². The summed E-state index contributed by atoms with van der Waals surface area (Å²) in [6, 6.07) is 5.72. The molecule has 13 heavy (non-hydrogen) atoms. The molecule has 2 rings (SSSR count). The van der Waals surface area contributed by atoms with Crippen molar-refractivity contribution in [3.63, 3.8) is 0 Å². The van der Waals surface area contributed by atoms with Gasteiger partial charge in [-0.25, -0.2) is 0 Å². The van der Waals surface area contributed by atoms with Gasteiger partial charge in [-0.05, 0) is 18.1 Å². The Morgan fingerprint density at radius 1 is 1.54 bits per heavy atom. The molecule has 1 N–H and O–H groups in total. The summed E-state index contributed by atoms with van der Waals surface area (Å²) in [5, 5.41) is 3.43. The molecule has 0 aromatic heterocycles. The minimum atomic E-state index is -0.0487. The summed E-state index contributed by atoms with van der Waals surface area (Å²) in [5.74, 6) is -0.0487. The number of carbonyl (C=O) groups excluding carboxylic acids is 1. The Bertz CT molecular complexity index is 362. The zero-order chi connectivity index (χ0) is 9.42. The number of fused-ring (bicyclic) bond motifs is 1. The Morgan fingerprint density at radius 3 is 3.00 bits per heavy atom. The lowest BCUT2D eigenvalue weighted by Crippen LogP contribution is -2.18. The second-order valence-electron chi connectivity index (χ2n) is 3.14. The third kappa shape index (κ3) is 1.22. The molecule has 2 nitrogen and oxygen atoms in total. The summed E-state index contributed by atoms with van der Waals surface area (Å²) in [6.07, 6.45) is 0.902. The molecule has 1 unspecified atom stereocenters. The third-order valence-electron chi connectivity index (χ3n) is 2.36. The predicted molar refractivity (Wildman–Crippen MR) is 52.0 cm³/mol. The van der Waals surface area contributed by atoms with E-state index in [-0.39, 0.29) is 11.9 Å². The summed E-state index contributed by atoms with van der Waals surface area (Å²) in [7, 11) is 0. The lowest BCUT2D eigenvalue weighted by Gasteiger charge is -2.06. The number of rotatable bonds is 1. The lowest BCUT2D eigenvalue weighted by atomic mass is 10.0. The topological polar surface area (TPSA) is 29.1 Å². The van der Waals surface area contributed by atoms with E-state index in [1.54, 1.807) is 6.07 Å². The van der Waals surface area contributed by atoms with Gasteiger partial charge in [-0.15, -0.1) is 0 Å². The van der Waals surface area contributed by atoms with Gasteiger partial charge in [-0.1, -0.05) is 30.7 Å². The van der Waals surface area contributed by atoms with Crippen LogP contribution < -0.4 is 5.32 Å². The van der Waals surface area contributed by atoms with E-state index in [2.05, 4.69) is 5.32 Å². The highest BCUT2D eigenvalue weighted by molar-refractivity contribution is 6.34. The number of amides is 1. The number of benzene rings is 1. The van der Waals surface area contributed by atoms with Gasteiger partial charge in [0.25, 0.3) is 5.91 Å². The molecule has 1 atom stereocenters. The van der Waals surface area contributed by atoms with Crippen molar-refractivity contribution < 1.29 is 4.79 Å². The van der Waals surface area contributed by atoms with Gasteiger partial charge >= 0.3 is 0 Å². The standard InChI is InChI=1S/C10H10ClNO/c1-2-8-6-4-3-5-7(11)9(6)10(13)12-8/h3-5,8H,2H2,1H3,(H,12,13). The van der Waals surface area contributed by atoms with Crippen LogP contribution in [0.25, 0.3) is 0 Å². The van der Waals surface area contributed by atoms with Crippen molar-refractivity contribution in [2.45, 2.75) is 19.4 Å². The van der Waals surface area contributed by atoms with E-state index >= 15 is 0 Å². The number of halogens is 1. The van der Waals surface area contributed by atoms with E-state index in [0.717, 1.165) is 12.0 Å². The maximum atomic E-state index is 11.5. The third-order valence-corrected chi connectivity index (χ3v) is 2.68. The molecule has 0 fully saturated rings. The van der Waals surface area contributed by atoms with Crippen LogP contribution in [0.5, 0.6) is 0 Å². The number of carbonyl (C=O) groups is 1. The van der Waals surface area contributed by atoms with Gasteiger partial charge in [0.1, 0.15) is 0 Å². The SMILES string of the molecule is CCC1NC(=O)c2c(Cl)cccc21. The summed E-state index contributed by atoms with van der Waals surface area (Å²) in [4.78, 5) is 11.5. The van der Waals surface area contributed by atoms with Gasteiger partial charge in [0, 0.05) is 0 Å². The van der Waals surface area contributed by atoms with Crippen molar-refractivity contribution in [2.75, 3.05) is 0 Å². The van der Waals surface area contributed by atoms with Crippen molar-refractivity contribution in [1.29, 1.82) is 0 Å². The average Bonchev–Trinajstić information content (AvgIpc) is 2.44. The Balaban J connectivity index is 2.57. The summed E-state index contributed by atoms with van der Waals surface area (Å²) >= 11 is 5.93. The fourth-order valence-electron chi connectivity index (χ4n) is 1.70. The molecule has 3 heteroatoms. The molecule has 1 aromatic rings. The Kier molecular flexibility index (Phi) is 2.00. The molecule has 0 saturated heterocycles. The van der Waals surface area contributed by atoms with E-state index in [0.29, 0.717) is 10.6 Å². The second kappa shape index (κ2) is 3.04. The van der Waals surface area contributed by atoms with Crippen LogP contribution in [0.15, 0.2) is 18.2 Å². The maximum Gasteiger partial charge on any atom is 0.253 e. The first-order valence-corrected chi connectivity index (χ1v) is 4.71. The van der Waals surface area contributed by atoms with Gasteiger partial charge in [-0.2, -0.15) is 0 Å². The normalized spacial score (nSPS) is 19.8. The molecule has 1 aromatic carbocycles. The summed E-state index contributed by atoms with van der Waals surface area (Å²) in [6.45, 7) is 2.04.